The number of hydrogen-bond acceptors (Lipinski definition) is 7. The van der Waals surface area contributed by atoms with Crippen LogP contribution in [0.2, 0.25) is 10.0 Å². The smallest absolute Gasteiger partial charge is 0.255 e. The average Bonchev–Trinajstić information content (AvgIpc) is 3.27. The van der Waals surface area contributed by atoms with Gasteiger partial charge in [0.25, 0.3) is 5.91 Å². The molecule has 5 rings (SSSR count). The molecule has 3 heterocycles. The Bertz CT molecular complexity index is 1310. The highest BCUT2D eigenvalue weighted by Crippen LogP contribution is 2.34. The number of imide groups is 1. The predicted molar refractivity (Wildman–Crippen MR) is 152 cm³/mol. The Morgan fingerprint density at radius 1 is 1.00 bits per heavy atom. The zero-order valence-corrected chi connectivity index (χ0v) is 23.7. The van der Waals surface area contributed by atoms with Crippen molar-refractivity contribution in [2.75, 3.05) is 44.2 Å². The maximum Gasteiger partial charge on any atom is 0.255 e. The van der Waals surface area contributed by atoms with Crippen LogP contribution in [-0.4, -0.2) is 78.7 Å². The number of benzene rings is 2. The quantitative estimate of drug-likeness (QED) is 0.335. The molecule has 2 saturated heterocycles. The first kappa shape index (κ1) is 28.4. The van der Waals surface area contributed by atoms with Crippen molar-refractivity contribution < 1.29 is 23.9 Å². The van der Waals surface area contributed by atoms with E-state index in [0.717, 1.165) is 37.4 Å². The molecule has 9 nitrogen and oxygen atoms in total. The van der Waals surface area contributed by atoms with E-state index in [2.05, 4.69) is 15.1 Å². The number of carbonyl (C=O) groups excluding carboxylic acids is 4. The summed E-state index contributed by atoms with van der Waals surface area (Å²) in [7, 11) is 0. The topological polar surface area (TPSA) is 99.3 Å². The van der Waals surface area contributed by atoms with Crippen molar-refractivity contribution in [1.29, 1.82) is 0 Å². The summed E-state index contributed by atoms with van der Waals surface area (Å²) in [5.74, 6) is -0.145. The molecule has 3 aliphatic heterocycles. The summed E-state index contributed by atoms with van der Waals surface area (Å²) >= 11 is 12.5. The monoisotopic (exact) mass is 586 g/mol. The van der Waals surface area contributed by atoms with Crippen molar-refractivity contribution in [3.8, 4) is 5.75 Å². The molecule has 1 unspecified atom stereocenters. The lowest BCUT2D eigenvalue weighted by atomic mass is 10.0. The van der Waals surface area contributed by atoms with E-state index >= 15 is 0 Å². The van der Waals surface area contributed by atoms with Crippen molar-refractivity contribution >= 4 is 52.4 Å². The Kier molecular flexibility index (Phi) is 8.93. The number of anilines is 1. The molecule has 2 aromatic carbocycles. The van der Waals surface area contributed by atoms with E-state index in [-0.39, 0.29) is 30.6 Å². The van der Waals surface area contributed by atoms with Gasteiger partial charge in [0.1, 0.15) is 17.6 Å². The maximum atomic E-state index is 13.0. The van der Waals surface area contributed by atoms with E-state index in [4.69, 9.17) is 27.9 Å². The summed E-state index contributed by atoms with van der Waals surface area (Å²) in [6, 6.07) is 10.3. The highest BCUT2D eigenvalue weighted by Gasteiger charge is 2.40. The number of unbranched alkanes of at least 4 members (excludes halogenated alkanes) is 1. The number of nitrogens with one attached hydrogen (secondary N) is 1. The molecule has 2 aromatic rings. The molecule has 1 atom stereocenters. The van der Waals surface area contributed by atoms with Gasteiger partial charge in [0.2, 0.25) is 11.8 Å². The van der Waals surface area contributed by atoms with Gasteiger partial charge in [0.15, 0.2) is 0 Å². The first-order valence-electron chi connectivity index (χ1n) is 13.6. The first-order valence-corrected chi connectivity index (χ1v) is 14.4. The van der Waals surface area contributed by atoms with Crippen LogP contribution in [0.1, 0.15) is 48.0 Å². The van der Waals surface area contributed by atoms with Gasteiger partial charge in [-0.05, 0) is 43.5 Å². The van der Waals surface area contributed by atoms with Crippen LogP contribution in [0.15, 0.2) is 36.4 Å². The van der Waals surface area contributed by atoms with Crippen LogP contribution in [0.5, 0.6) is 5.75 Å². The molecule has 3 amide bonds. The number of Topliss-reactive ketones (excluding diaryl/α,β-unsaturated/α-hetero) is 1. The van der Waals surface area contributed by atoms with Crippen LogP contribution in [0.25, 0.3) is 0 Å². The van der Waals surface area contributed by atoms with Gasteiger partial charge < -0.3 is 14.5 Å². The normalized spacial score (nSPS) is 19.6. The molecule has 40 heavy (non-hydrogen) atoms. The molecule has 0 bridgehead atoms. The van der Waals surface area contributed by atoms with Gasteiger partial charge in [-0.15, -0.1) is 0 Å². The number of hydrogen-bond donors (Lipinski definition) is 1. The summed E-state index contributed by atoms with van der Waals surface area (Å²) < 4.78 is 6.00. The molecular formula is C29H32Cl2N4O5. The number of piperazine rings is 1. The highest BCUT2D eigenvalue weighted by molar-refractivity contribution is 6.43. The second kappa shape index (κ2) is 12.6. The lowest BCUT2D eigenvalue weighted by molar-refractivity contribution is -0.137. The summed E-state index contributed by atoms with van der Waals surface area (Å²) in [5, 5.41) is 3.43. The number of piperidine rings is 1. The molecule has 0 aliphatic carbocycles. The number of fused-ring (bicyclic) bond motifs is 1. The second-order valence-corrected chi connectivity index (χ2v) is 11.1. The molecule has 1 N–H and O–H groups in total. The minimum absolute atomic E-state index is 0.209. The third kappa shape index (κ3) is 6.27. The fourth-order valence-electron chi connectivity index (χ4n) is 5.51. The number of carbonyl (C=O) groups is 4. The second-order valence-electron chi connectivity index (χ2n) is 10.4. The zero-order chi connectivity index (χ0) is 28.2. The van der Waals surface area contributed by atoms with Crippen LogP contribution < -0.4 is 15.0 Å². The minimum atomic E-state index is -0.658. The highest BCUT2D eigenvalue weighted by atomic mass is 35.5. The van der Waals surface area contributed by atoms with Crippen LogP contribution in [0.4, 0.5) is 5.69 Å². The van der Waals surface area contributed by atoms with Crippen LogP contribution in [0, 0.1) is 0 Å². The van der Waals surface area contributed by atoms with Crippen LogP contribution >= 0.6 is 23.2 Å². The van der Waals surface area contributed by atoms with Crippen molar-refractivity contribution in [3.63, 3.8) is 0 Å². The molecule has 2 fully saturated rings. The van der Waals surface area contributed by atoms with E-state index in [1.807, 2.05) is 18.2 Å². The fraction of sp³-hybridized carbons (Fsp3) is 0.448. The van der Waals surface area contributed by atoms with E-state index in [9.17, 15) is 19.2 Å². The van der Waals surface area contributed by atoms with Gasteiger partial charge in [0.05, 0.1) is 35.4 Å². The number of nitrogens with zero attached hydrogens (tertiary/aromatic N) is 3. The summed E-state index contributed by atoms with van der Waals surface area (Å²) in [5.41, 5.74) is 2.21. The first-order chi connectivity index (χ1) is 19.3. The Morgan fingerprint density at radius 3 is 2.55 bits per heavy atom. The molecule has 0 radical (unpaired) electrons. The van der Waals surface area contributed by atoms with Crippen molar-refractivity contribution in [2.45, 2.75) is 44.7 Å². The van der Waals surface area contributed by atoms with E-state index in [0.29, 0.717) is 60.2 Å². The third-order valence-electron chi connectivity index (χ3n) is 7.69. The van der Waals surface area contributed by atoms with Gasteiger partial charge >= 0.3 is 0 Å². The predicted octanol–water partition coefficient (Wildman–Crippen LogP) is 3.69. The number of rotatable bonds is 10. The van der Waals surface area contributed by atoms with Gasteiger partial charge in [-0.25, -0.2) is 0 Å². The number of amides is 3. The molecule has 11 heteroatoms. The van der Waals surface area contributed by atoms with Crippen LogP contribution in [-0.2, 0) is 20.9 Å². The SMILES string of the molecule is O=C(CCCCOc1cccc2c1CN(C1CCC(=O)NC1=O)C2=O)CN1CCN(c2cccc(Cl)c2Cl)CC1. The molecule has 212 valence electrons. The minimum Gasteiger partial charge on any atom is -0.493 e. The van der Waals surface area contributed by atoms with Crippen molar-refractivity contribution in [2.24, 2.45) is 0 Å². The van der Waals surface area contributed by atoms with Gasteiger partial charge in [0, 0.05) is 50.1 Å². The summed E-state index contributed by atoms with van der Waals surface area (Å²) in [6.45, 7) is 4.26. The number of ketones is 1. The summed E-state index contributed by atoms with van der Waals surface area (Å²) in [4.78, 5) is 55.2. The van der Waals surface area contributed by atoms with E-state index in [1.54, 1.807) is 18.2 Å². The largest absolute Gasteiger partial charge is 0.493 e. The van der Waals surface area contributed by atoms with Gasteiger partial charge in [-0.2, -0.15) is 0 Å². The summed E-state index contributed by atoms with van der Waals surface area (Å²) in [6.07, 6.45) is 2.44. The zero-order valence-electron chi connectivity index (χ0n) is 22.2. The molecule has 3 aliphatic rings. The fourth-order valence-corrected chi connectivity index (χ4v) is 5.93. The maximum absolute atomic E-state index is 13.0. The van der Waals surface area contributed by atoms with E-state index in [1.165, 1.54) is 4.90 Å². The van der Waals surface area contributed by atoms with Crippen molar-refractivity contribution in [1.82, 2.24) is 15.1 Å². The lowest BCUT2D eigenvalue weighted by Crippen LogP contribution is -2.52. The Balaban J connectivity index is 1.03. The van der Waals surface area contributed by atoms with Gasteiger partial charge in [-0.3, -0.25) is 29.4 Å². The lowest BCUT2D eigenvalue weighted by Gasteiger charge is -2.36. The Morgan fingerprint density at radius 2 is 1.77 bits per heavy atom. The van der Waals surface area contributed by atoms with E-state index < -0.39 is 11.9 Å². The standard InChI is InChI=1S/C29H32Cl2N4O5/c30-22-7-4-8-23(27(22)31)34-14-12-33(13-15-34)17-19(36)5-1-2-16-40-25-9-3-6-20-21(25)18-35(29(20)39)24-10-11-26(37)32-28(24)38/h3-4,6-9,24H,1-2,5,10-18H2,(H,32,37,38). The Labute approximate surface area is 243 Å². The molecular weight excluding hydrogens is 555 g/mol. The van der Waals surface area contributed by atoms with Crippen molar-refractivity contribution in [3.05, 3.63) is 57.6 Å². The molecule has 0 saturated carbocycles. The molecule has 0 aromatic heterocycles. The van der Waals surface area contributed by atoms with Crippen LogP contribution in [0.3, 0.4) is 0 Å². The third-order valence-corrected chi connectivity index (χ3v) is 8.50. The molecule has 0 spiro atoms. The Hall–Kier alpha value is -3.14. The number of halogens is 2. The number of ether oxygens (including phenoxy) is 1. The average molecular weight is 588 g/mol. The van der Waals surface area contributed by atoms with Gasteiger partial charge in [-0.1, -0.05) is 35.3 Å².